The molecule has 0 aromatic heterocycles. The van der Waals surface area contributed by atoms with Gasteiger partial charge in [0.2, 0.25) is 10.0 Å². The van der Waals surface area contributed by atoms with Crippen LogP contribution in [0.1, 0.15) is 49.9 Å². The van der Waals surface area contributed by atoms with Crippen molar-refractivity contribution in [1.82, 2.24) is 9.62 Å². The molecular formula is C18H26N2O5S. The third-order valence-corrected chi connectivity index (χ3v) is 6.43. The van der Waals surface area contributed by atoms with Crippen LogP contribution >= 0.6 is 0 Å². The highest BCUT2D eigenvalue weighted by molar-refractivity contribution is 7.89. The monoisotopic (exact) mass is 382 g/mol. The van der Waals surface area contributed by atoms with Gasteiger partial charge >= 0.3 is 5.97 Å². The summed E-state index contributed by atoms with van der Waals surface area (Å²) in [6.07, 6.45) is 2.83. The number of aliphatic carboxylic acids is 1. The normalized spacial score (nSPS) is 19.7. The first-order chi connectivity index (χ1) is 12.3. The lowest BCUT2D eigenvalue weighted by atomic mass is 10.0. The van der Waals surface area contributed by atoms with Crippen molar-refractivity contribution in [1.29, 1.82) is 0 Å². The highest BCUT2D eigenvalue weighted by atomic mass is 32.2. The molecule has 1 saturated heterocycles. The number of hydrogen-bond donors (Lipinski definition) is 2. The van der Waals surface area contributed by atoms with Gasteiger partial charge in [0.15, 0.2) is 0 Å². The standard InChI is InChI=1S/C18H26N2O5S/c1-3-5-16(18(22)23)19-17(21)14-7-9-15(10-8-14)26(24,25)20-11-4-6-13(2)12-20/h7-10,13,16H,3-6,11-12H2,1-2H3,(H,19,21)(H,22,23). The molecule has 1 amide bonds. The van der Waals surface area contributed by atoms with Crippen LogP contribution in [0.15, 0.2) is 29.2 Å². The molecule has 144 valence electrons. The fourth-order valence-electron chi connectivity index (χ4n) is 3.08. The van der Waals surface area contributed by atoms with E-state index in [-0.39, 0.29) is 10.5 Å². The minimum absolute atomic E-state index is 0.145. The number of carbonyl (C=O) groups is 2. The second-order valence-corrected chi connectivity index (χ2v) is 8.73. The minimum atomic E-state index is -3.58. The number of carboxylic acids is 1. The summed E-state index contributed by atoms with van der Waals surface area (Å²) in [6, 6.07) is 4.69. The van der Waals surface area contributed by atoms with Gasteiger partial charge in [-0.15, -0.1) is 0 Å². The number of nitrogens with one attached hydrogen (secondary N) is 1. The van der Waals surface area contributed by atoms with E-state index >= 15 is 0 Å². The Morgan fingerprint density at radius 1 is 1.31 bits per heavy atom. The zero-order valence-corrected chi connectivity index (χ0v) is 16.0. The maximum absolute atomic E-state index is 12.7. The first-order valence-corrected chi connectivity index (χ1v) is 10.3. The van der Waals surface area contributed by atoms with E-state index in [0.717, 1.165) is 12.8 Å². The van der Waals surface area contributed by atoms with Gasteiger partial charge in [-0.05, 0) is 49.4 Å². The molecule has 0 saturated carbocycles. The van der Waals surface area contributed by atoms with Gasteiger partial charge in [0.05, 0.1) is 4.90 Å². The predicted molar refractivity (Wildman–Crippen MR) is 97.4 cm³/mol. The molecule has 1 aromatic rings. The van der Waals surface area contributed by atoms with E-state index in [1.165, 1.54) is 28.6 Å². The van der Waals surface area contributed by atoms with Crippen LogP contribution in [0.3, 0.4) is 0 Å². The number of rotatable bonds is 7. The van der Waals surface area contributed by atoms with Gasteiger partial charge in [-0.25, -0.2) is 13.2 Å². The maximum atomic E-state index is 12.7. The number of carboxylic acid groups (broad SMARTS) is 1. The Hall–Kier alpha value is -1.93. The molecule has 2 unspecified atom stereocenters. The average molecular weight is 382 g/mol. The fourth-order valence-corrected chi connectivity index (χ4v) is 4.68. The molecule has 1 aliphatic heterocycles. The van der Waals surface area contributed by atoms with Crippen molar-refractivity contribution in [3.8, 4) is 0 Å². The molecule has 26 heavy (non-hydrogen) atoms. The van der Waals surface area contributed by atoms with E-state index in [4.69, 9.17) is 5.11 Å². The second kappa shape index (κ2) is 8.64. The van der Waals surface area contributed by atoms with Gasteiger partial charge in [0.1, 0.15) is 6.04 Å². The first-order valence-electron chi connectivity index (χ1n) is 8.89. The van der Waals surface area contributed by atoms with Crippen LogP contribution < -0.4 is 5.32 Å². The van der Waals surface area contributed by atoms with Crippen molar-refractivity contribution in [3.05, 3.63) is 29.8 Å². The number of nitrogens with zero attached hydrogens (tertiary/aromatic N) is 1. The SMILES string of the molecule is CCCC(NC(=O)c1ccc(S(=O)(=O)N2CCCC(C)C2)cc1)C(=O)O. The van der Waals surface area contributed by atoms with Crippen LogP contribution in [0.2, 0.25) is 0 Å². The average Bonchev–Trinajstić information content (AvgIpc) is 2.61. The van der Waals surface area contributed by atoms with E-state index in [1.807, 2.05) is 13.8 Å². The Morgan fingerprint density at radius 2 is 1.96 bits per heavy atom. The van der Waals surface area contributed by atoms with Crippen LogP contribution in [-0.4, -0.2) is 48.8 Å². The van der Waals surface area contributed by atoms with Crippen molar-refractivity contribution < 1.29 is 23.1 Å². The number of benzene rings is 1. The molecule has 7 nitrogen and oxygen atoms in total. The molecule has 2 rings (SSSR count). The molecule has 8 heteroatoms. The first kappa shape index (κ1) is 20.4. The highest BCUT2D eigenvalue weighted by Gasteiger charge is 2.28. The Kier molecular flexibility index (Phi) is 6.77. The summed E-state index contributed by atoms with van der Waals surface area (Å²) < 4.78 is 26.9. The summed E-state index contributed by atoms with van der Waals surface area (Å²) in [7, 11) is -3.58. The third kappa shape index (κ3) is 4.82. The number of sulfonamides is 1. The van der Waals surface area contributed by atoms with Gasteiger partial charge in [0, 0.05) is 18.7 Å². The maximum Gasteiger partial charge on any atom is 0.326 e. The lowest BCUT2D eigenvalue weighted by Crippen LogP contribution is -2.40. The second-order valence-electron chi connectivity index (χ2n) is 6.79. The van der Waals surface area contributed by atoms with Crippen molar-refractivity contribution in [2.24, 2.45) is 5.92 Å². The van der Waals surface area contributed by atoms with Crippen molar-refractivity contribution in [3.63, 3.8) is 0 Å². The predicted octanol–water partition coefficient (Wildman–Crippen LogP) is 2.09. The van der Waals surface area contributed by atoms with Gasteiger partial charge in [0.25, 0.3) is 5.91 Å². The molecule has 1 aromatic carbocycles. The smallest absolute Gasteiger partial charge is 0.326 e. The summed E-state index contributed by atoms with van der Waals surface area (Å²) in [6.45, 7) is 4.88. The Bertz CT molecular complexity index is 745. The Morgan fingerprint density at radius 3 is 2.50 bits per heavy atom. The van der Waals surface area contributed by atoms with Gasteiger partial charge in [-0.3, -0.25) is 4.79 Å². The van der Waals surface area contributed by atoms with Crippen LogP contribution in [0.4, 0.5) is 0 Å². The molecular weight excluding hydrogens is 356 g/mol. The van der Waals surface area contributed by atoms with Crippen molar-refractivity contribution >= 4 is 21.9 Å². The lowest BCUT2D eigenvalue weighted by Gasteiger charge is -2.30. The summed E-state index contributed by atoms with van der Waals surface area (Å²) in [5.74, 6) is -1.28. The highest BCUT2D eigenvalue weighted by Crippen LogP contribution is 2.23. The molecule has 0 bridgehead atoms. The number of carbonyl (C=O) groups excluding carboxylic acids is 1. The molecule has 2 N–H and O–H groups in total. The summed E-state index contributed by atoms with van der Waals surface area (Å²) in [5, 5.41) is 11.6. The topological polar surface area (TPSA) is 104 Å². The fraction of sp³-hybridized carbons (Fsp3) is 0.556. The number of hydrogen-bond acceptors (Lipinski definition) is 4. The van der Waals surface area contributed by atoms with E-state index in [9.17, 15) is 18.0 Å². The van der Waals surface area contributed by atoms with Crippen molar-refractivity contribution in [2.45, 2.75) is 50.5 Å². The zero-order chi connectivity index (χ0) is 19.3. The summed E-state index contributed by atoms with van der Waals surface area (Å²) >= 11 is 0. The lowest BCUT2D eigenvalue weighted by molar-refractivity contribution is -0.139. The quantitative estimate of drug-likeness (QED) is 0.751. The summed E-state index contributed by atoms with van der Waals surface area (Å²) in [5.41, 5.74) is 0.235. The number of amides is 1. The van der Waals surface area contributed by atoms with Gasteiger partial charge in [-0.2, -0.15) is 4.31 Å². The van der Waals surface area contributed by atoms with Crippen LogP contribution in [0.5, 0.6) is 0 Å². The molecule has 0 aliphatic carbocycles. The minimum Gasteiger partial charge on any atom is -0.480 e. The van der Waals surface area contributed by atoms with Crippen molar-refractivity contribution in [2.75, 3.05) is 13.1 Å². The third-order valence-electron chi connectivity index (χ3n) is 4.55. The molecule has 1 fully saturated rings. The molecule has 2 atom stereocenters. The molecule has 1 aliphatic rings. The van der Waals surface area contributed by atoms with E-state index in [2.05, 4.69) is 5.32 Å². The summed E-state index contributed by atoms with van der Waals surface area (Å²) in [4.78, 5) is 23.5. The van der Waals surface area contributed by atoms with E-state index < -0.39 is 27.9 Å². The largest absolute Gasteiger partial charge is 0.480 e. The zero-order valence-electron chi connectivity index (χ0n) is 15.1. The van der Waals surface area contributed by atoms with Crippen LogP contribution in [-0.2, 0) is 14.8 Å². The molecule has 0 radical (unpaired) electrons. The number of piperidine rings is 1. The van der Waals surface area contributed by atoms with Gasteiger partial charge < -0.3 is 10.4 Å². The van der Waals surface area contributed by atoms with Crippen LogP contribution in [0, 0.1) is 5.92 Å². The van der Waals surface area contributed by atoms with E-state index in [1.54, 1.807) is 0 Å². The van der Waals surface area contributed by atoms with Gasteiger partial charge in [-0.1, -0.05) is 20.3 Å². The molecule has 0 spiro atoms. The molecule has 1 heterocycles. The van der Waals surface area contributed by atoms with E-state index in [0.29, 0.717) is 31.8 Å². The van der Waals surface area contributed by atoms with Crippen LogP contribution in [0.25, 0.3) is 0 Å². The Balaban J connectivity index is 2.12. The Labute approximate surface area is 154 Å².